The van der Waals surface area contributed by atoms with Crippen LogP contribution >= 0.6 is 0 Å². The first-order valence-corrected chi connectivity index (χ1v) is 19.8. The predicted octanol–water partition coefficient (Wildman–Crippen LogP) is 15.8. The first-order chi connectivity index (χ1) is 29.3. The number of nitrogens with zero attached hydrogens (tertiary/aromatic N) is 3. The molecule has 5 nitrogen and oxygen atoms in total. The maximum absolute atomic E-state index is 6.78. The Kier molecular flexibility index (Phi) is 8.41. The second kappa shape index (κ2) is 14.5. The standard InChI is InChI=1S/C54H37N3O2/c1-4-17-38(18-5-1)39-31-33-42(34-32-39)56(50-27-16-24-47-46-23-10-13-28-51(46)59-54(47)50)44-35-43(55(40-19-6-2-7-20-40)41-21-8-3-9-22-41)36-45(37-44)57-48-25-11-14-29-52(48)58-53-30-15-12-26-49(53)57/h1-37H. The summed E-state index contributed by atoms with van der Waals surface area (Å²) in [6, 6.07) is 78.5. The summed E-state index contributed by atoms with van der Waals surface area (Å²) in [5, 5.41) is 2.14. The molecule has 11 rings (SSSR count). The van der Waals surface area contributed by atoms with Crippen LogP contribution in [0.25, 0.3) is 33.1 Å². The second-order valence-electron chi connectivity index (χ2n) is 14.6. The summed E-state index contributed by atoms with van der Waals surface area (Å²) in [6.45, 7) is 0. The third kappa shape index (κ3) is 6.13. The second-order valence-corrected chi connectivity index (χ2v) is 14.6. The zero-order chi connectivity index (χ0) is 39.1. The fraction of sp³-hybridized carbons (Fsp3) is 0. The van der Waals surface area contributed by atoms with E-state index in [0.29, 0.717) is 0 Å². The fourth-order valence-corrected chi connectivity index (χ4v) is 8.32. The van der Waals surface area contributed by atoms with Crippen molar-refractivity contribution in [1.29, 1.82) is 0 Å². The van der Waals surface area contributed by atoms with E-state index in [0.717, 1.165) is 90.2 Å². The van der Waals surface area contributed by atoms with Crippen molar-refractivity contribution in [3.05, 3.63) is 224 Å². The molecule has 0 saturated heterocycles. The SMILES string of the molecule is c1ccc(-c2ccc(N(c3cc(N(c4ccccc4)c4ccccc4)cc(N4c5ccccc5Oc5ccccc54)c3)c3cccc4c3oc3ccccc34)cc2)cc1. The van der Waals surface area contributed by atoms with Gasteiger partial charge in [0.2, 0.25) is 0 Å². The normalized spacial score (nSPS) is 11.8. The Morgan fingerprint density at radius 2 is 0.864 bits per heavy atom. The van der Waals surface area contributed by atoms with E-state index in [4.69, 9.17) is 9.15 Å². The molecule has 1 aromatic heterocycles. The van der Waals surface area contributed by atoms with Gasteiger partial charge in [0.25, 0.3) is 0 Å². The van der Waals surface area contributed by atoms with Crippen LogP contribution in [0.2, 0.25) is 0 Å². The Hall–Kier alpha value is -8.02. The maximum atomic E-state index is 6.78. The van der Waals surface area contributed by atoms with Crippen LogP contribution < -0.4 is 19.4 Å². The van der Waals surface area contributed by atoms with E-state index in [1.165, 1.54) is 5.56 Å². The van der Waals surface area contributed by atoms with Gasteiger partial charge in [0, 0.05) is 27.8 Å². The summed E-state index contributed by atoms with van der Waals surface area (Å²) in [5.74, 6) is 1.59. The van der Waals surface area contributed by atoms with Gasteiger partial charge in [-0.2, -0.15) is 0 Å². The smallest absolute Gasteiger partial charge is 0.159 e. The van der Waals surface area contributed by atoms with Crippen LogP contribution in [0.1, 0.15) is 0 Å². The van der Waals surface area contributed by atoms with E-state index in [2.05, 4.69) is 203 Å². The summed E-state index contributed by atoms with van der Waals surface area (Å²) in [5.41, 5.74) is 12.8. The average molecular weight is 760 g/mol. The minimum Gasteiger partial charge on any atom is -0.454 e. The zero-order valence-electron chi connectivity index (χ0n) is 32.0. The molecular weight excluding hydrogens is 723 g/mol. The van der Waals surface area contributed by atoms with Crippen LogP contribution in [0.5, 0.6) is 11.5 Å². The molecule has 0 unspecified atom stereocenters. The molecule has 0 saturated carbocycles. The van der Waals surface area contributed by atoms with Crippen molar-refractivity contribution < 1.29 is 9.15 Å². The molecule has 0 amide bonds. The minimum absolute atomic E-state index is 0.793. The lowest BCUT2D eigenvalue weighted by atomic mass is 10.0. The Morgan fingerprint density at radius 3 is 1.53 bits per heavy atom. The van der Waals surface area contributed by atoms with Crippen LogP contribution in [0.4, 0.5) is 51.2 Å². The maximum Gasteiger partial charge on any atom is 0.159 e. The van der Waals surface area contributed by atoms with Gasteiger partial charge in [0.1, 0.15) is 5.58 Å². The van der Waals surface area contributed by atoms with Crippen LogP contribution in [-0.2, 0) is 0 Å². The largest absolute Gasteiger partial charge is 0.454 e. The molecule has 1 aliphatic heterocycles. The van der Waals surface area contributed by atoms with Gasteiger partial charge in [-0.25, -0.2) is 0 Å². The van der Waals surface area contributed by atoms with Crippen molar-refractivity contribution in [2.75, 3.05) is 14.7 Å². The molecule has 0 fully saturated rings. The third-order valence-electron chi connectivity index (χ3n) is 11.0. The van der Waals surface area contributed by atoms with Gasteiger partial charge in [0.15, 0.2) is 17.1 Å². The summed E-state index contributed by atoms with van der Waals surface area (Å²) in [4.78, 5) is 6.97. The molecule has 0 bridgehead atoms. The van der Waals surface area contributed by atoms with Gasteiger partial charge in [-0.3, -0.25) is 0 Å². The van der Waals surface area contributed by atoms with E-state index in [9.17, 15) is 0 Å². The number of anilines is 9. The summed E-state index contributed by atoms with van der Waals surface area (Å²) in [7, 11) is 0. The number of rotatable bonds is 8. The Balaban J connectivity index is 1.21. The van der Waals surface area contributed by atoms with Crippen molar-refractivity contribution in [2.24, 2.45) is 0 Å². The quantitative estimate of drug-likeness (QED) is 0.154. The van der Waals surface area contributed by atoms with Crippen molar-refractivity contribution in [2.45, 2.75) is 0 Å². The van der Waals surface area contributed by atoms with Crippen molar-refractivity contribution in [3.63, 3.8) is 0 Å². The molecule has 5 heteroatoms. The Bertz CT molecular complexity index is 3010. The van der Waals surface area contributed by atoms with Crippen molar-refractivity contribution in [1.82, 2.24) is 0 Å². The number of hydrogen-bond donors (Lipinski definition) is 0. The first kappa shape index (κ1) is 34.2. The van der Waals surface area contributed by atoms with E-state index >= 15 is 0 Å². The predicted molar refractivity (Wildman–Crippen MR) is 243 cm³/mol. The number of ether oxygens (including phenoxy) is 1. The lowest BCUT2D eigenvalue weighted by molar-refractivity contribution is 0.477. The van der Waals surface area contributed by atoms with E-state index < -0.39 is 0 Å². The van der Waals surface area contributed by atoms with Crippen LogP contribution in [0.15, 0.2) is 229 Å². The van der Waals surface area contributed by atoms with Gasteiger partial charge >= 0.3 is 0 Å². The van der Waals surface area contributed by atoms with Gasteiger partial charge in [0.05, 0.1) is 34.1 Å². The lowest BCUT2D eigenvalue weighted by Gasteiger charge is -2.35. The van der Waals surface area contributed by atoms with Crippen molar-refractivity contribution >= 4 is 73.1 Å². The Labute approximate surface area is 342 Å². The van der Waals surface area contributed by atoms with E-state index in [1.54, 1.807) is 0 Å². The fourth-order valence-electron chi connectivity index (χ4n) is 8.32. The summed E-state index contributed by atoms with van der Waals surface area (Å²) in [6.07, 6.45) is 0. The summed E-state index contributed by atoms with van der Waals surface area (Å²) >= 11 is 0. The Morgan fingerprint density at radius 1 is 0.356 bits per heavy atom. The molecule has 0 radical (unpaired) electrons. The molecule has 59 heavy (non-hydrogen) atoms. The minimum atomic E-state index is 0.793. The van der Waals surface area contributed by atoms with Crippen LogP contribution in [0.3, 0.4) is 0 Å². The zero-order valence-corrected chi connectivity index (χ0v) is 32.0. The highest BCUT2D eigenvalue weighted by Crippen LogP contribution is 2.53. The van der Waals surface area contributed by atoms with E-state index in [-0.39, 0.29) is 0 Å². The molecule has 0 aliphatic carbocycles. The van der Waals surface area contributed by atoms with Crippen LogP contribution in [0, 0.1) is 0 Å². The monoisotopic (exact) mass is 759 g/mol. The van der Waals surface area contributed by atoms with Gasteiger partial charge in [-0.05, 0) is 102 Å². The highest BCUT2D eigenvalue weighted by atomic mass is 16.5. The number of fused-ring (bicyclic) bond motifs is 5. The molecule has 10 aromatic rings. The molecular formula is C54H37N3O2. The van der Waals surface area contributed by atoms with E-state index in [1.807, 2.05) is 36.4 Å². The van der Waals surface area contributed by atoms with Gasteiger partial charge in [-0.1, -0.05) is 133 Å². The summed E-state index contributed by atoms with van der Waals surface area (Å²) < 4.78 is 13.3. The molecule has 280 valence electrons. The number of para-hydroxylation sites is 8. The molecule has 2 heterocycles. The average Bonchev–Trinajstić information content (AvgIpc) is 3.69. The highest BCUT2D eigenvalue weighted by molar-refractivity contribution is 6.10. The van der Waals surface area contributed by atoms with Crippen LogP contribution in [-0.4, -0.2) is 0 Å². The number of furan rings is 1. The van der Waals surface area contributed by atoms with Gasteiger partial charge < -0.3 is 23.9 Å². The number of hydrogen-bond acceptors (Lipinski definition) is 5. The first-order valence-electron chi connectivity index (χ1n) is 19.8. The topological polar surface area (TPSA) is 32.1 Å². The lowest BCUT2D eigenvalue weighted by Crippen LogP contribution is -2.18. The molecule has 1 aliphatic rings. The molecule has 0 atom stereocenters. The van der Waals surface area contributed by atoms with Gasteiger partial charge in [-0.15, -0.1) is 0 Å². The van der Waals surface area contributed by atoms with Crippen molar-refractivity contribution in [3.8, 4) is 22.6 Å². The third-order valence-corrected chi connectivity index (χ3v) is 11.0. The molecule has 9 aromatic carbocycles. The number of benzene rings is 9. The molecule has 0 spiro atoms. The highest BCUT2D eigenvalue weighted by Gasteiger charge is 2.29. The molecule has 0 N–H and O–H groups in total.